The van der Waals surface area contributed by atoms with Gasteiger partial charge in [-0.25, -0.2) is 12.8 Å². The van der Waals surface area contributed by atoms with E-state index in [0.29, 0.717) is 6.42 Å². The molecule has 1 aromatic rings. The van der Waals surface area contributed by atoms with Crippen LogP contribution in [0.25, 0.3) is 0 Å². The third-order valence-electron chi connectivity index (χ3n) is 3.01. The lowest BCUT2D eigenvalue weighted by Gasteiger charge is -2.17. The molecule has 0 amide bonds. The highest BCUT2D eigenvalue weighted by molar-refractivity contribution is 7.89. The Labute approximate surface area is 110 Å². The molecule has 1 saturated heterocycles. The van der Waals surface area contributed by atoms with Gasteiger partial charge in [-0.05, 0) is 18.6 Å². The summed E-state index contributed by atoms with van der Waals surface area (Å²) in [5.74, 6) is -1.01. The molecule has 1 heterocycles. The highest BCUT2D eigenvalue weighted by Crippen LogP contribution is 2.30. The number of hydrogen-bond donors (Lipinski definition) is 2. The van der Waals surface area contributed by atoms with Gasteiger partial charge in [-0.3, -0.25) is 0 Å². The minimum absolute atomic E-state index is 0.00981. The van der Waals surface area contributed by atoms with Crippen molar-refractivity contribution in [2.45, 2.75) is 17.4 Å². The Morgan fingerprint density at radius 3 is 2.68 bits per heavy atom. The molecule has 0 bridgehead atoms. The molecule has 0 aromatic heterocycles. The number of hydrogen-bond acceptors (Lipinski definition) is 5. The number of sulfonamides is 1. The predicted octanol–water partition coefficient (Wildman–Crippen LogP) is 0.172. The molecule has 1 aliphatic heterocycles. The highest BCUT2D eigenvalue weighted by Gasteiger charge is 2.32. The third-order valence-corrected chi connectivity index (χ3v) is 4.86. The Balaban J connectivity index is 2.41. The number of rotatable bonds is 3. The highest BCUT2D eigenvalue weighted by atomic mass is 32.2. The van der Waals surface area contributed by atoms with Crippen molar-refractivity contribution in [2.24, 2.45) is 0 Å². The topological polar surface area (TPSA) is 92.9 Å². The molecule has 106 valence electrons. The second kappa shape index (κ2) is 4.95. The van der Waals surface area contributed by atoms with E-state index in [2.05, 4.69) is 0 Å². The van der Waals surface area contributed by atoms with Crippen LogP contribution in [0.5, 0.6) is 5.75 Å². The summed E-state index contributed by atoms with van der Waals surface area (Å²) in [6.07, 6.45) is -0.317. The Morgan fingerprint density at radius 2 is 2.21 bits per heavy atom. The van der Waals surface area contributed by atoms with Gasteiger partial charge in [0.2, 0.25) is 10.0 Å². The van der Waals surface area contributed by atoms with Crippen LogP contribution in [0.1, 0.15) is 6.42 Å². The van der Waals surface area contributed by atoms with E-state index in [1.165, 1.54) is 7.11 Å². The number of nitrogen functional groups attached to an aromatic ring is 1. The lowest BCUT2D eigenvalue weighted by atomic mass is 10.3. The summed E-state index contributed by atoms with van der Waals surface area (Å²) in [5, 5.41) is 9.38. The Kier molecular flexibility index (Phi) is 3.66. The average molecular weight is 290 g/mol. The zero-order valence-corrected chi connectivity index (χ0v) is 11.2. The van der Waals surface area contributed by atoms with E-state index in [4.69, 9.17) is 10.5 Å². The van der Waals surface area contributed by atoms with Gasteiger partial charge in [-0.1, -0.05) is 0 Å². The van der Waals surface area contributed by atoms with Crippen molar-refractivity contribution in [3.05, 3.63) is 17.9 Å². The molecule has 0 saturated carbocycles. The number of nitrogens with two attached hydrogens (primary N) is 1. The van der Waals surface area contributed by atoms with E-state index < -0.39 is 21.9 Å². The zero-order chi connectivity index (χ0) is 14.2. The lowest BCUT2D eigenvalue weighted by Crippen LogP contribution is -2.29. The van der Waals surface area contributed by atoms with Crippen molar-refractivity contribution in [3.63, 3.8) is 0 Å². The normalized spacial score (nSPS) is 20.7. The molecule has 0 spiro atoms. The molecule has 1 aliphatic rings. The smallest absolute Gasteiger partial charge is 0.243 e. The first-order chi connectivity index (χ1) is 8.86. The van der Waals surface area contributed by atoms with Crippen molar-refractivity contribution in [1.29, 1.82) is 0 Å². The van der Waals surface area contributed by atoms with E-state index in [-0.39, 0.29) is 29.4 Å². The van der Waals surface area contributed by atoms with Crippen LogP contribution in [0.3, 0.4) is 0 Å². The van der Waals surface area contributed by atoms with Crippen molar-refractivity contribution >= 4 is 15.7 Å². The minimum atomic E-state index is -3.84. The van der Waals surface area contributed by atoms with Crippen LogP contribution in [-0.2, 0) is 10.0 Å². The molecule has 19 heavy (non-hydrogen) atoms. The van der Waals surface area contributed by atoms with Gasteiger partial charge in [-0.15, -0.1) is 0 Å². The van der Waals surface area contributed by atoms with Gasteiger partial charge in [0, 0.05) is 13.1 Å². The first-order valence-electron chi connectivity index (χ1n) is 5.67. The van der Waals surface area contributed by atoms with E-state index in [0.717, 1.165) is 16.4 Å². The second-order valence-electron chi connectivity index (χ2n) is 4.33. The molecule has 0 unspecified atom stereocenters. The standard InChI is InChI=1S/C11H15FN2O4S/c1-18-11-9(12)4-8(5-10(11)13)19(16,17)14-3-2-7(15)6-14/h4-5,7,15H,2-3,6,13H2,1H3/t7-/m0/s1. The molecule has 0 aliphatic carbocycles. The number of ether oxygens (including phenoxy) is 1. The van der Waals surface area contributed by atoms with Crippen LogP contribution in [0, 0.1) is 5.82 Å². The fraction of sp³-hybridized carbons (Fsp3) is 0.455. The van der Waals surface area contributed by atoms with Gasteiger partial charge >= 0.3 is 0 Å². The number of β-amino-alcohol motifs (C(OH)–C–C–N with tert-alkyl or cyclic N) is 1. The fourth-order valence-electron chi connectivity index (χ4n) is 2.03. The molecular weight excluding hydrogens is 275 g/mol. The number of aliphatic hydroxyl groups excluding tert-OH is 1. The summed E-state index contributed by atoms with van der Waals surface area (Å²) in [5.41, 5.74) is 5.48. The molecule has 2 rings (SSSR count). The van der Waals surface area contributed by atoms with E-state index in [1.807, 2.05) is 0 Å². The van der Waals surface area contributed by atoms with Crippen molar-refractivity contribution in [2.75, 3.05) is 25.9 Å². The van der Waals surface area contributed by atoms with Crippen molar-refractivity contribution in [1.82, 2.24) is 4.31 Å². The van der Waals surface area contributed by atoms with Crippen molar-refractivity contribution < 1.29 is 22.7 Å². The van der Waals surface area contributed by atoms with Crippen molar-refractivity contribution in [3.8, 4) is 5.75 Å². The maximum absolute atomic E-state index is 13.7. The minimum Gasteiger partial charge on any atom is -0.492 e. The van der Waals surface area contributed by atoms with E-state index in [9.17, 15) is 17.9 Å². The van der Waals surface area contributed by atoms with Crippen LogP contribution < -0.4 is 10.5 Å². The third kappa shape index (κ3) is 2.51. The second-order valence-corrected chi connectivity index (χ2v) is 6.27. The largest absolute Gasteiger partial charge is 0.492 e. The summed E-state index contributed by atoms with van der Waals surface area (Å²) in [7, 11) is -2.59. The maximum atomic E-state index is 13.7. The van der Waals surface area contributed by atoms with Gasteiger partial charge < -0.3 is 15.6 Å². The molecule has 6 nitrogen and oxygen atoms in total. The van der Waals surface area contributed by atoms with E-state index >= 15 is 0 Å². The van der Waals surface area contributed by atoms with Gasteiger partial charge in [-0.2, -0.15) is 4.31 Å². The average Bonchev–Trinajstić information content (AvgIpc) is 2.76. The fourth-order valence-corrected chi connectivity index (χ4v) is 3.57. The van der Waals surface area contributed by atoms with Crippen LogP contribution in [0.2, 0.25) is 0 Å². The van der Waals surface area contributed by atoms with Crippen LogP contribution >= 0.6 is 0 Å². The molecule has 1 atom stereocenters. The molecule has 0 radical (unpaired) electrons. The summed E-state index contributed by atoms with van der Waals surface area (Å²) < 4.78 is 44.0. The lowest BCUT2D eigenvalue weighted by molar-refractivity contribution is 0.189. The Bertz CT molecular complexity index is 567. The van der Waals surface area contributed by atoms with Gasteiger partial charge in [0.05, 0.1) is 23.8 Å². The first kappa shape index (κ1) is 14.0. The van der Waals surface area contributed by atoms with Gasteiger partial charge in [0.15, 0.2) is 11.6 Å². The van der Waals surface area contributed by atoms with Crippen LogP contribution in [0.4, 0.5) is 10.1 Å². The van der Waals surface area contributed by atoms with E-state index in [1.54, 1.807) is 0 Å². The number of halogens is 1. The summed E-state index contributed by atoms with van der Waals surface area (Å²) in [6.45, 7) is 0.215. The van der Waals surface area contributed by atoms with Crippen LogP contribution in [-0.4, -0.2) is 44.1 Å². The zero-order valence-electron chi connectivity index (χ0n) is 10.3. The summed E-state index contributed by atoms with van der Waals surface area (Å²) >= 11 is 0. The SMILES string of the molecule is COc1c(N)cc(S(=O)(=O)N2CC[C@H](O)C2)cc1F. The van der Waals surface area contributed by atoms with Gasteiger partial charge in [0.25, 0.3) is 0 Å². The maximum Gasteiger partial charge on any atom is 0.243 e. The summed E-state index contributed by atoms with van der Waals surface area (Å²) in [6, 6.07) is 2.02. The number of benzene rings is 1. The summed E-state index contributed by atoms with van der Waals surface area (Å²) in [4.78, 5) is -0.239. The molecule has 3 N–H and O–H groups in total. The van der Waals surface area contributed by atoms with Gasteiger partial charge in [0.1, 0.15) is 0 Å². The number of methoxy groups -OCH3 is 1. The molecule has 1 fully saturated rings. The quantitative estimate of drug-likeness (QED) is 0.774. The Morgan fingerprint density at radius 1 is 1.53 bits per heavy atom. The Hall–Kier alpha value is -1.38. The molecule has 8 heteroatoms. The molecular formula is C11H15FN2O4S. The number of nitrogens with zero attached hydrogens (tertiary/aromatic N) is 1. The molecule has 1 aromatic carbocycles. The monoisotopic (exact) mass is 290 g/mol. The first-order valence-corrected chi connectivity index (χ1v) is 7.11. The number of aliphatic hydroxyl groups is 1. The van der Waals surface area contributed by atoms with Crippen LogP contribution in [0.15, 0.2) is 17.0 Å². The number of anilines is 1. The predicted molar refractivity (Wildman–Crippen MR) is 66.7 cm³/mol.